The van der Waals surface area contributed by atoms with Crippen LogP contribution in [-0.2, 0) is 0 Å². The topological polar surface area (TPSA) is 24.1 Å². The van der Waals surface area contributed by atoms with E-state index in [1.165, 1.54) is 0 Å². The molecule has 0 aromatic carbocycles. The molecule has 0 radical (unpaired) electrons. The molecule has 0 atom stereocenters. The van der Waals surface area contributed by atoms with Crippen molar-refractivity contribution < 1.29 is 0 Å². The van der Waals surface area contributed by atoms with Gasteiger partial charge in [0.05, 0.1) is 0 Å². The molecule has 1 fully saturated rings. The van der Waals surface area contributed by atoms with Crippen molar-refractivity contribution in [2.75, 3.05) is 19.6 Å². The fraction of sp³-hybridized carbons (Fsp3) is 0.667. The molecule has 0 aromatic heterocycles. The summed E-state index contributed by atoms with van der Waals surface area (Å²) in [4.78, 5) is 0. The third-order valence-electron chi connectivity index (χ3n) is 1.36. The Kier molecular flexibility index (Phi) is 2.69. The maximum Gasteiger partial charge on any atom is 0.0320 e. The van der Waals surface area contributed by atoms with Gasteiger partial charge in [-0.3, -0.25) is 0 Å². The Labute approximate surface area is 63.8 Å². The van der Waals surface area contributed by atoms with Crippen LogP contribution in [0.15, 0.2) is 11.1 Å². The van der Waals surface area contributed by atoms with E-state index in [0.29, 0.717) is 6.04 Å². The zero-order valence-electron chi connectivity index (χ0n) is 5.28. The van der Waals surface area contributed by atoms with Gasteiger partial charge in [-0.05, 0) is 0 Å². The molecule has 0 aromatic rings. The molecule has 0 bridgehead atoms. The van der Waals surface area contributed by atoms with Gasteiger partial charge in [0.1, 0.15) is 0 Å². The van der Waals surface area contributed by atoms with Crippen molar-refractivity contribution in [1.82, 2.24) is 10.6 Å². The lowest BCUT2D eigenvalue weighted by molar-refractivity contribution is 0.379. The van der Waals surface area contributed by atoms with Crippen molar-refractivity contribution in [3.05, 3.63) is 11.1 Å². The molecule has 52 valence electrons. The van der Waals surface area contributed by atoms with Crippen LogP contribution in [0.1, 0.15) is 0 Å². The molecule has 1 rings (SSSR count). The average molecular weight is 191 g/mol. The molecule has 0 spiro atoms. The number of rotatable bonds is 3. The molecule has 0 amide bonds. The minimum absolute atomic E-state index is 0.666. The van der Waals surface area contributed by atoms with Gasteiger partial charge in [-0.15, -0.1) is 0 Å². The third-order valence-corrected chi connectivity index (χ3v) is 1.64. The first kappa shape index (κ1) is 7.25. The molecule has 1 heterocycles. The summed E-state index contributed by atoms with van der Waals surface area (Å²) in [5.74, 6) is 0. The van der Waals surface area contributed by atoms with E-state index in [4.69, 9.17) is 0 Å². The molecule has 0 unspecified atom stereocenters. The largest absolute Gasteiger partial charge is 0.314 e. The van der Waals surface area contributed by atoms with Crippen molar-refractivity contribution in [3.8, 4) is 0 Å². The van der Waals surface area contributed by atoms with Crippen LogP contribution in [0.2, 0.25) is 0 Å². The smallest absolute Gasteiger partial charge is 0.0320 e. The van der Waals surface area contributed by atoms with E-state index >= 15 is 0 Å². The van der Waals surface area contributed by atoms with Crippen molar-refractivity contribution in [2.24, 2.45) is 0 Å². The maximum absolute atomic E-state index is 3.72. The summed E-state index contributed by atoms with van der Waals surface area (Å²) in [6.07, 6.45) is 0. The maximum atomic E-state index is 3.72. The second-order valence-corrected chi connectivity index (χ2v) is 3.37. The molecule has 3 heteroatoms. The van der Waals surface area contributed by atoms with Crippen LogP contribution in [-0.4, -0.2) is 25.7 Å². The van der Waals surface area contributed by atoms with Crippen LogP contribution in [0.3, 0.4) is 0 Å². The van der Waals surface area contributed by atoms with Gasteiger partial charge in [-0.1, -0.05) is 22.5 Å². The molecular weight excluding hydrogens is 180 g/mol. The fourth-order valence-corrected chi connectivity index (χ4v) is 0.850. The predicted octanol–water partition coefficient (Wildman–Crippen LogP) is 0.456. The highest BCUT2D eigenvalue weighted by Gasteiger charge is 2.14. The van der Waals surface area contributed by atoms with Crippen LogP contribution < -0.4 is 10.6 Å². The summed E-state index contributed by atoms with van der Waals surface area (Å²) in [6, 6.07) is 0.666. The van der Waals surface area contributed by atoms with E-state index in [1.807, 2.05) is 0 Å². The van der Waals surface area contributed by atoms with Crippen molar-refractivity contribution in [1.29, 1.82) is 0 Å². The van der Waals surface area contributed by atoms with Gasteiger partial charge >= 0.3 is 0 Å². The van der Waals surface area contributed by atoms with Gasteiger partial charge < -0.3 is 10.6 Å². The van der Waals surface area contributed by atoms with E-state index in [9.17, 15) is 0 Å². The quantitative estimate of drug-likeness (QED) is 0.677. The summed E-state index contributed by atoms with van der Waals surface area (Å²) in [7, 11) is 0. The van der Waals surface area contributed by atoms with Crippen LogP contribution in [0, 0.1) is 0 Å². The molecule has 1 aliphatic heterocycles. The highest BCUT2D eigenvalue weighted by molar-refractivity contribution is 9.11. The fourth-order valence-electron chi connectivity index (χ4n) is 0.688. The van der Waals surface area contributed by atoms with E-state index in [-0.39, 0.29) is 0 Å². The van der Waals surface area contributed by atoms with Crippen molar-refractivity contribution in [2.45, 2.75) is 6.04 Å². The first-order chi connectivity index (χ1) is 4.29. The summed E-state index contributed by atoms with van der Waals surface area (Å²) in [6.45, 7) is 6.80. The SMILES string of the molecule is C=C(Br)CNC1CNC1. The number of hydrogen-bond donors (Lipinski definition) is 2. The van der Waals surface area contributed by atoms with Gasteiger partial charge in [-0.2, -0.15) is 0 Å². The molecule has 1 saturated heterocycles. The number of halogens is 1. The van der Waals surface area contributed by atoms with Crippen molar-refractivity contribution in [3.63, 3.8) is 0 Å². The zero-order valence-corrected chi connectivity index (χ0v) is 6.87. The van der Waals surface area contributed by atoms with E-state index < -0.39 is 0 Å². The Morgan fingerprint density at radius 2 is 2.44 bits per heavy atom. The Bertz CT molecular complexity index is 110. The minimum atomic E-state index is 0.666. The summed E-state index contributed by atoms with van der Waals surface area (Å²) < 4.78 is 1.02. The minimum Gasteiger partial charge on any atom is -0.314 e. The third kappa shape index (κ3) is 2.47. The predicted molar refractivity (Wildman–Crippen MR) is 42.7 cm³/mol. The molecule has 2 nitrogen and oxygen atoms in total. The van der Waals surface area contributed by atoms with Gasteiger partial charge in [-0.25, -0.2) is 0 Å². The monoisotopic (exact) mass is 190 g/mol. The summed E-state index contributed by atoms with van der Waals surface area (Å²) in [5.41, 5.74) is 0. The zero-order chi connectivity index (χ0) is 6.69. The average Bonchev–Trinajstić information content (AvgIpc) is 1.60. The van der Waals surface area contributed by atoms with Gasteiger partial charge in [0.25, 0.3) is 0 Å². The first-order valence-corrected chi connectivity index (χ1v) is 3.85. The van der Waals surface area contributed by atoms with E-state index in [2.05, 4.69) is 33.1 Å². The lowest BCUT2D eigenvalue weighted by Gasteiger charge is -2.27. The number of nitrogens with one attached hydrogen (secondary N) is 2. The number of hydrogen-bond acceptors (Lipinski definition) is 2. The molecule has 2 N–H and O–H groups in total. The van der Waals surface area contributed by atoms with Crippen LogP contribution in [0.5, 0.6) is 0 Å². The molecular formula is C6H11BrN2. The highest BCUT2D eigenvalue weighted by atomic mass is 79.9. The lowest BCUT2D eigenvalue weighted by atomic mass is 10.2. The Morgan fingerprint density at radius 1 is 1.78 bits per heavy atom. The second-order valence-electron chi connectivity index (χ2n) is 2.25. The molecule has 9 heavy (non-hydrogen) atoms. The first-order valence-electron chi connectivity index (χ1n) is 3.06. The standard InChI is InChI=1S/C6H11BrN2/c1-5(7)2-9-6-3-8-4-6/h6,8-9H,1-4H2. The summed E-state index contributed by atoms with van der Waals surface area (Å²) >= 11 is 3.28. The Balaban J connectivity index is 1.97. The van der Waals surface area contributed by atoms with Gasteiger partial charge in [0, 0.05) is 30.2 Å². The molecule has 1 aliphatic rings. The van der Waals surface area contributed by atoms with Gasteiger partial charge in [0.2, 0.25) is 0 Å². The lowest BCUT2D eigenvalue weighted by Crippen LogP contribution is -2.55. The Hall–Kier alpha value is 0.140. The van der Waals surface area contributed by atoms with Crippen molar-refractivity contribution >= 4 is 15.9 Å². The normalized spacial score (nSPS) is 19.2. The Morgan fingerprint density at radius 3 is 2.78 bits per heavy atom. The molecule has 0 saturated carbocycles. The molecule has 0 aliphatic carbocycles. The second kappa shape index (κ2) is 3.34. The van der Waals surface area contributed by atoms with E-state index in [0.717, 1.165) is 24.1 Å². The summed E-state index contributed by atoms with van der Waals surface area (Å²) in [5, 5.41) is 6.49. The highest BCUT2D eigenvalue weighted by Crippen LogP contribution is 1.99. The van der Waals surface area contributed by atoms with E-state index in [1.54, 1.807) is 0 Å². The van der Waals surface area contributed by atoms with Crippen LogP contribution >= 0.6 is 15.9 Å². The van der Waals surface area contributed by atoms with Gasteiger partial charge in [0.15, 0.2) is 0 Å². The van der Waals surface area contributed by atoms with Crippen LogP contribution in [0.25, 0.3) is 0 Å². The van der Waals surface area contributed by atoms with Crippen LogP contribution in [0.4, 0.5) is 0 Å².